The fourth-order valence-corrected chi connectivity index (χ4v) is 4.33. The summed E-state index contributed by atoms with van der Waals surface area (Å²) in [5.41, 5.74) is 2.02. The SMILES string of the molecule is O=C(OOC(=O)c1ccc(-c2ccccc2)s1)c1ccc(-c2ccccc2)s1. The van der Waals surface area contributed by atoms with E-state index >= 15 is 0 Å². The third kappa shape index (κ3) is 4.03. The summed E-state index contributed by atoms with van der Waals surface area (Å²) >= 11 is 2.56. The van der Waals surface area contributed by atoms with Gasteiger partial charge in [0.1, 0.15) is 9.75 Å². The summed E-state index contributed by atoms with van der Waals surface area (Å²) in [7, 11) is 0. The van der Waals surface area contributed by atoms with Crippen LogP contribution in [0.25, 0.3) is 20.9 Å². The summed E-state index contributed by atoms with van der Waals surface area (Å²) in [6.07, 6.45) is 0. The molecule has 28 heavy (non-hydrogen) atoms. The largest absolute Gasteiger partial charge is 0.396 e. The van der Waals surface area contributed by atoms with Gasteiger partial charge in [0.2, 0.25) is 0 Å². The summed E-state index contributed by atoms with van der Waals surface area (Å²) in [6.45, 7) is 0. The minimum absolute atomic E-state index is 0.364. The Morgan fingerprint density at radius 3 is 1.32 bits per heavy atom. The van der Waals surface area contributed by atoms with Gasteiger partial charge in [-0.05, 0) is 35.4 Å². The van der Waals surface area contributed by atoms with Crippen molar-refractivity contribution < 1.29 is 19.4 Å². The van der Waals surface area contributed by atoms with Crippen LogP contribution < -0.4 is 0 Å². The van der Waals surface area contributed by atoms with Gasteiger partial charge in [-0.3, -0.25) is 0 Å². The van der Waals surface area contributed by atoms with Crippen LogP contribution in [0.1, 0.15) is 19.3 Å². The molecule has 0 unspecified atom stereocenters. The summed E-state index contributed by atoms with van der Waals surface area (Å²) < 4.78 is 0. The van der Waals surface area contributed by atoms with Crippen LogP contribution in [0.2, 0.25) is 0 Å². The van der Waals surface area contributed by atoms with Crippen molar-refractivity contribution in [2.24, 2.45) is 0 Å². The second-order valence-electron chi connectivity index (χ2n) is 5.80. The van der Waals surface area contributed by atoms with Crippen molar-refractivity contribution in [1.29, 1.82) is 0 Å². The predicted molar refractivity (Wildman–Crippen MR) is 110 cm³/mol. The average Bonchev–Trinajstić information content (AvgIpc) is 3.43. The Kier molecular flexibility index (Phi) is 5.32. The maximum Gasteiger partial charge on any atom is 0.396 e. The third-order valence-electron chi connectivity index (χ3n) is 3.92. The minimum Gasteiger partial charge on any atom is -0.241 e. The zero-order valence-corrected chi connectivity index (χ0v) is 16.2. The van der Waals surface area contributed by atoms with Crippen LogP contribution in [0.3, 0.4) is 0 Å². The van der Waals surface area contributed by atoms with Crippen LogP contribution in [-0.4, -0.2) is 11.9 Å². The van der Waals surface area contributed by atoms with Gasteiger partial charge in [0.15, 0.2) is 0 Å². The van der Waals surface area contributed by atoms with E-state index in [-0.39, 0.29) is 0 Å². The van der Waals surface area contributed by atoms with E-state index in [0.717, 1.165) is 20.9 Å². The summed E-state index contributed by atoms with van der Waals surface area (Å²) in [6, 6.07) is 26.4. The van der Waals surface area contributed by atoms with Crippen LogP contribution in [0.15, 0.2) is 84.9 Å². The minimum atomic E-state index is -0.694. The molecule has 0 aliphatic rings. The molecule has 0 fully saturated rings. The first-order chi connectivity index (χ1) is 13.7. The van der Waals surface area contributed by atoms with Gasteiger partial charge in [-0.15, -0.1) is 22.7 Å². The van der Waals surface area contributed by atoms with Gasteiger partial charge in [-0.1, -0.05) is 60.7 Å². The lowest BCUT2D eigenvalue weighted by molar-refractivity contribution is -0.187. The molecule has 4 aromatic rings. The molecule has 0 saturated heterocycles. The zero-order valence-electron chi connectivity index (χ0n) is 14.5. The molecular formula is C22H14O4S2. The standard InChI is InChI=1S/C22H14O4S2/c23-21(19-13-11-17(27-19)15-7-3-1-4-8-15)25-26-22(24)20-14-12-18(28-20)16-9-5-2-6-10-16/h1-14H. The van der Waals surface area contributed by atoms with Gasteiger partial charge >= 0.3 is 11.9 Å². The van der Waals surface area contributed by atoms with Gasteiger partial charge in [-0.25, -0.2) is 19.4 Å². The fraction of sp³-hybridized carbons (Fsp3) is 0. The molecule has 2 aromatic carbocycles. The molecule has 138 valence electrons. The molecule has 6 heteroatoms. The predicted octanol–water partition coefficient (Wildman–Crippen LogP) is 6.07. The van der Waals surface area contributed by atoms with Crippen LogP contribution in [0.4, 0.5) is 0 Å². The van der Waals surface area contributed by atoms with E-state index < -0.39 is 11.9 Å². The van der Waals surface area contributed by atoms with Gasteiger partial charge < -0.3 is 0 Å². The molecule has 0 N–H and O–H groups in total. The first-order valence-corrected chi connectivity index (χ1v) is 10.1. The van der Waals surface area contributed by atoms with Crippen LogP contribution in [0.5, 0.6) is 0 Å². The Labute approximate surface area is 169 Å². The van der Waals surface area contributed by atoms with Gasteiger partial charge in [0.05, 0.1) is 0 Å². The molecule has 4 nitrogen and oxygen atoms in total. The normalized spacial score (nSPS) is 10.4. The molecule has 0 aliphatic carbocycles. The number of hydrogen-bond acceptors (Lipinski definition) is 6. The summed E-state index contributed by atoms with van der Waals surface area (Å²) in [5, 5.41) is 0. The van der Waals surface area contributed by atoms with Crippen molar-refractivity contribution in [1.82, 2.24) is 0 Å². The molecule has 0 atom stereocenters. The van der Waals surface area contributed by atoms with Gasteiger partial charge in [0.25, 0.3) is 0 Å². The van der Waals surface area contributed by atoms with Crippen molar-refractivity contribution in [2.45, 2.75) is 0 Å². The van der Waals surface area contributed by atoms with E-state index in [4.69, 9.17) is 9.78 Å². The van der Waals surface area contributed by atoms with Crippen LogP contribution in [0, 0.1) is 0 Å². The molecule has 0 saturated carbocycles. The Morgan fingerprint density at radius 2 is 0.929 bits per heavy atom. The maximum atomic E-state index is 12.2. The smallest absolute Gasteiger partial charge is 0.241 e. The first-order valence-electron chi connectivity index (χ1n) is 8.44. The Hall–Kier alpha value is -3.22. The Bertz CT molecular complexity index is 1010. The Balaban J connectivity index is 1.38. The third-order valence-corrected chi connectivity index (χ3v) is 6.15. The van der Waals surface area contributed by atoms with Crippen molar-refractivity contribution in [3.63, 3.8) is 0 Å². The number of thiophene rings is 2. The molecular weight excluding hydrogens is 392 g/mol. The molecule has 2 aromatic heterocycles. The van der Waals surface area contributed by atoms with Crippen molar-refractivity contribution in [3.8, 4) is 20.9 Å². The van der Waals surface area contributed by atoms with E-state index in [1.165, 1.54) is 22.7 Å². The average molecular weight is 406 g/mol. The number of carbonyl (C=O) groups excluding carboxylic acids is 2. The van der Waals surface area contributed by atoms with Crippen molar-refractivity contribution >= 4 is 34.6 Å². The van der Waals surface area contributed by atoms with Gasteiger partial charge in [-0.2, -0.15) is 0 Å². The quantitative estimate of drug-likeness (QED) is 0.305. The number of carbonyl (C=O) groups is 2. The lowest BCUT2D eigenvalue weighted by atomic mass is 10.2. The maximum absolute atomic E-state index is 12.2. The van der Waals surface area contributed by atoms with E-state index in [1.807, 2.05) is 72.8 Å². The van der Waals surface area contributed by atoms with E-state index in [9.17, 15) is 9.59 Å². The van der Waals surface area contributed by atoms with Crippen LogP contribution in [-0.2, 0) is 9.78 Å². The highest BCUT2D eigenvalue weighted by Gasteiger charge is 2.18. The monoisotopic (exact) mass is 406 g/mol. The first kappa shape index (κ1) is 18.2. The Morgan fingerprint density at radius 1 is 0.536 bits per heavy atom. The highest BCUT2D eigenvalue weighted by atomic mass is 32.1. The highest BCUT2D eigenvalue weighted by Crippen LogP contribution is 2.30. The van der Waals surface area contributed by atoms with Crippen molar-refractivity contribution in [3.05, 3.63) is 94.7 Å². The topological polar surface area (TPSA) is 52.6 Å². The zero-order chi connectivity index (χ0) is 19.3. The van der Waals surface area contributed by atoms with E-state index in [0.29, 0.717) is 9.75 Å². The molecule has 0 aliphatic heterocycles. The van der Waals surface area contributed by atoms with Gasteiger partial charge in [0, 0.05) is 9.75 Å². The van der Waals surface area contributed by atoms with Crippen molar-refractivity contribution in [2.75, 3.05) is 0 Å². The fourth-order valence-electron chi connectivity index (χ4n) is 2.57. The summed E-state index contributed by atoms with van der Waals surface area (Å²) in [4.78, 5) is 36.4. The summed E-state index contributed by atoms with van der Waals surface area (Å²) in [5.74, 6) is -1.39. The number of rotatable bonds is 4. The highest BCUT2D eigenvalue weighted by molar-refractivity contribution is 7.17. The van der Waals surface area contributed by atoms with E-state index in [1.54, 1.807) is 12.1 Å². The van der Waals surface area contributed by atoms with E-state index in [2.05, 4.69) is 0 Å². The lowest BCUT2D eigenvalue weighted by Gasteiger charge is -2.00. The second-order valence-corrected chi connectivity index (χ2v) is 7.97. The number of benzene rings is 2. The molecule has 0 bridgehead atoms. The number of hydrogen-bond donors (Lipinski definition) is 0. The molecule has 0 amide bonds. The lowest BCUT2D eigenvalue weighted by Crippen LogP contribution is -2.09. The molecule has 4 rings (SSSR count). The molecule has 2 heterocycles. The molecule has 0 radical (unpaired) electrons. The van der Waals surface area contributed by atoms with Crippen LogP contribution >= 0.6 is 22.7 Å². The second kappa shape index (κ2) is 8.21. The molecule has 0 spiro atoms.